The van der Waals surface area contributed by atoms with Gasteiger partial charge in [-0.3, -0.25) is 4.79 Å². The van der Waals surface area contributed by atoms with E-state index in [1.165, 1.54) is 0 Å². The van der Waals surface area contributed by atoms with E-state index in [1.807, 2.05) is 25.1 Å². The van der Waals surface area contributed by atoms with Gasteiger partial charge >= 0.3 is 0 Å². The minimum absolute atomic E-state index is 0.0623. The molecule has 0 aliphatic rings. The van der Waals surface area contributed by atoms with Gasteiger partial charge in [0, 0.05) is 24.3 Å². The van der Waals surface area contributed by atoms with E-state index in [4.69, 9.17) is 4.74 Å². The molecule has 0 aliphatic heterocycles. The molecule has 1 rings (SSSR count). The van der Waals surface area contributed by atoms with Gasteiger partial charge in [0.05, 0.1) is 13.0 Å². The molecule has 0 heterocycles. The molecule has 0 aliphatic carbocycles. The van der Waals surface area contributed by atoms with Crippen molar-refractivity contribution < 1.29 is 9.53 Å². The van der Waals surface area contributed by atoms with Gasteiger partial charge in [-0.25, -0.2) is 0 Å². The lowest BCUT2D eigenvalue weighted by atomic mass is 10.2. The number of rotatable bonds is 4. The Kier molecular flexibility index (Phi) is 4.96. The lowest BCUT2D eigenvalue weighted by molar-refractivity contribution is -0.119. The van der Waals surface area contributed by atoms with Gasteiger partial charge in [-0.05, 0) is 30.7 Å². The van der Waals surface area contributed by atoms with Gasteiger partial charge in [-0.15, -0.1) is 0 Å². The Bertz CT molecular complexity index is 379. The minimum Gasteiger partial charge on any atom is -0.384 e. The number of benzene rings is 1. The fraction of sp³-hybridized carbons (Fsp3) is 0.417. The number of aryl methyl sites for hydroxylation is 1. The summed E-state index contributed by atoms with van der Waals surface area (Å²) in [5.74, 6) is 0.0623. The first kappa shape index (κ1) is 13.2. The molecule has 3 nitrogen and oxygen atoms in total. The van der Waals surface area contributed by atoms with Crippen molar-refractivity contribution in [1.82, 2.24) is 0 Å². The number of carbonyl (C=O) groups is 1. The van der Waals surface area contributed by atoms with Gasteiger partial charge in [0.2, 0.25) is 5.91 Å². The molecule has 0 aromatic heterocycles. The zero-order valence-corrected chi connectivity index (χ0v) is 11.4. The van der Waals surface area contributed by atoms with Gasteiger partial charge in [0.15, 0.2) is 0 Å². The van der Waals surface area contributed by atoms with Crippen LogP contribution in [0.1, 0.15) is 12.0 Å². The number of anilines is 1. The lowest BCUT2D eigenvalue weighted by Crippen LogP contribution is -2.27. The normalized spacial score (nSPS) is 10.2. The van der Waals surface area contributed by atoms with E-state index in [0.717, 1.165) is 15.7 Å². The second-order valence-electron chi connectivity index (χ2n) is 3.63. The van der Waals surface area contributed by atoms with Gasteiger partial charge in [-0.1, -0.05) is 15.9 Å². The molecule has 1 aromatic rings. The molecule has 1 aromatic carbocycles. The van der Waals surface area contributed by atoms with Crippen LogP contribution >= 0.6 is 15.9 Å². The number of amides is 1. The van der Waals surface area contributed by atoms with Gasteiger partial charge in [-0.2, -0.15) is 0 Å². The summed E-state index contributed by atoms with van der Waals surface area (Å²) in [5, 5.41) is 0. The topological polar surface area (TPSA) is 29.5 Å². The highest BCUT2D eigenvalue weighted by Crippen LogP contribution is 2.23. The van der Waals surface area contributed by atoms with Gasteiger partial charge in [0.25, 0.3) is 0 Å². The van der Waals surface area contributed by atoms with Crippen LogP contribution in [0.5, 0.6) is 0 Å². The number of hydrogen-bond donors (Lipinski definition) is 0. The molecule has 0 atom stereocenters. The van der Waals surface area contributed by atoms with Crippen LogP contribution in [0, 0.1) is 6.92 Å². The van der Waals surface area contributed by atoms with E-state index in [1.54, 1.807) is 19.1 Å². The maximum absolute atomic E-state index is 11.8. The molecule has 4 heteroatoms. The molecule has 0 saturated heterocycles. The second-order valence-corrected chi connectivity index (χ2v) is 4.54. The van der Waals surface area contributed by atoms with E-state index in [0.29, 0.717) is 13.0 Å². The molecule has 0 fully saturated rings. The molecule has 0 radical (unpaired) electrons. The van der Waals surface area contributed by atoms with E-state index in [9.17, 15) is 4.79 Å². The molecule has 88 valence electrons. The maximum atomic E-state index is 11.8. The number of hydrogen-bond acceptors (Lipinski definition) is 2. The smallest absolute Gasteiger partial charge is 0.229 e. The third kappa shape index (κ3) is 3.32. The molecule has 0 saturated carbocycles. The van der Waals surface area contributed by atoms with Crippen LogP contribution in [0.4, 0.5) is 5.69 Å². The zero-order valence-electron chi connectivity index (χ0n) is 9.79. The average molecular weight is 286 g/mol. The first-order valence-corrected chi connectivity index (χ1v) is 5.87. The Balaban J connectivity index is 2.79. The summed E-state index contributed by atoms with van der Waals surface area (Å²) < 4.78 is 5.91. The quantitative estimate of drug-likeness (QED) is 0.851. The summed E-state index contributed by atoms with van der Waals surface area (Å²) in [7, 11) is 3.38. The molecular weight excluding hydrogens is 270 g/mol. The van der Waals surface area contributed by atoms with Crippen LogP contribution in [-0.4, -0.2) is 26.7 Å². The Labute approximate surface area is 105 Å². The summed E-state index contributed by atoms with van der Waals surface area (Å²) in [5.41, 5.74) is 2.01. The fourth-order valence-corrected chi connectivity index (χ4v) is 1.96. The van der Waals surface area contributed by atoms with Crippen molar-refractivity contribution in [3.8, 4) is 0 Å². The monoisotopic (exact) mass is 285 g/mol. The summed E-state index contributed by atoms with van der Waals surface area (Å²) in [4.78, 5) is 13.4. The van der Waals surface area contributed by atoms with Crippen LogP contribution in [0.3, 0.4) is 0 Å². The summed E-state index contributed by atoms with van der Waals surface area (Å²) in [6.07, 6.45) is 0.405. The number of methoxy groups -OCH3 is 1. The summed E-state index contributed by atoms with van der Waals surface area (Å²) in [6, 6.07) is 5.86. The van der Waals surface area contributed by atoms with Gasteiger partial charge in [0.1, 0.15) is 0 Å². The zero-order chi connectivity index (χ0) is 12.1. The van der Waals surface area contributed by atoms with E-state index >= 15 is 0 Å². The highest BCUT2D eigenvalue weighted by Gasteiger charge is 2.12. The fourth-order valence-electron chi connectivity index (χ4n) is 1.49. The largest absolute Gasteiger partial charge is 0.384 e. The van der Waals surface area contributed by atoms with Crippen molar-refractivity contribution in [3.05, 3.63) is 28.2 Å². The van der Waals surface area contributed by atoms with Crippen LogP contribution < -0.4 is 4.90 Å². The average Bonchev–Trinajstić information content (AvgIpc) is 2.25. The Hall–Kier alpha value is -0.870. The lowest BCUT2D eigenvalue weighted by Gasteiger charge is -2.19. The van der Waals surface area contributed by atoms with Crippen molar-refractivity contribution in [2.75, 3.05) is 25.7 Å². The Morgan fingerprint density at radius 1 is 1.50 bits per heavy atom. The molecule has 0 bridgehead atoms. The third-order valence-electron chi connectivity index (χ3n) is 2.41. The first-order valence-electron chi connectivity index (χ1n) is 5.08. The van der Waals surface area contributed by atoms with Crippen LogP contribution in [-0.2, 0) is 9.53 Å². The summed E-state index contributed by atoms with van der Waals surface area (Å²) in [6.45, 7) is 2.44. The SMILES string of the molecule is COCCC(=O)N(C)c1ccc(Br)cc1C. The highest BCUT2D eigenvalue weighted by molar-refractivity contribution is 9.10. The number of halogens is 1. The van der Waals surface area contributed by atoms with Crippen LogP contribution in [0.25, 0.3) is 0 Å². The molecule has 0 unspecified atom stereocenters. The molecular formula is C12H16BrNO2. The highest BCUT2D eigenvalue weighted by atomic mass is 79.9. The van der Waals surface area contributed by atoms with Gasteiger partial charge < -0.3 is 9.64 Å². The van der Waals surface area contributed by atoms with Crippen LogP contribution in [0.2, 0.25) is 0 Å². The predicted molar refractivity (Wildman–Crippen MR) is 68.8 cm³/mol. The summed E-state index contributed by atoms with van der Waals surface area (Å²) >= 11 is 3.40. The standard InChI is InChI=1S/C12H16BrNO2/c1-9-8-10(13)4-5-11(9)14(2)12(15)6-7-16-3/h4-5,8H,6-7H2,1-3H3. The molecule has 16 heavy (non-hydrogen) atoms. The molecule has 0 N–H and O–H groups in total. The van der Waals surface area contributed by atoms with E-state index in [-0.39, 0.29) is 5.91 Å². The van der Waals surface area contributed by atoms with Crippen molar-refractivity contribution in [1.29, 1.82) is 0 Å². The number of carbonyl (C=O) groups excluding carboxylic acids is 1. The third-order valence-corrected chi connectivity index (χ3v) is 2.91. The van der Waals surface area contributed by atoms with Crippen molar-refractivity contribution in [3.63, 3.8) is 0 Å². The number of ether oxygens (including phenoxy) is 1. The molecule has 0 spiro atoms. The second kappa shape index (κ2) is 6.01. The van der Waals surface area contributed by atoms with Crippen LogP contribution in [0.15, 0.2) is 22.7 Å². The Morgan fingerprint density at radius 2 is 2.19 bits per heavy atom. The van der Waals surface area contributed by atoms with Crippen molar-refractivity contribution >= 4 is 27.5 Å². The first-order chi connectivity index (χ1) is 7.56. The van der Waals surface area contributed by atoms with E-state index < -0.39 is 0 Å². The van der Waals surface area contributed by atoms with E-state index in [2.05, 4.69) is 15.9 Å². The molecule has 1 amide bonds. The predicted octanol–water partition coefficient (Wildman–Crippen LogP) is 2.76. The Morgan fingerprint density at radius 3 is 2.75 bits per heavy atom. The maximum Gasteiger partial charge on any atom is 0.229 e. The minimum atomic E-state index is 0.0623. The van der Waals surface area contributed by atoms with Crippen molar-refractivity contribution in [2.24, 2.45) is 0 Å². The van der Waals surface area contributed by atoms with Crippen molar-refractivity contribution in [2.45, 2.75) is 13.3 Å². The number of nitrogens with zero attached hydrogens (tertiary/aromatic N) is 1.